The molecular formula is C16H24N2O2. The molecule has 4 nitrogen and oxygen atoms in total. The first-order valence-corrected chi connectivity index (χ1v) is 7.18. The van der Waals surface area contributed by atoms with Gasteiger partial charge >= 0.3 is 0 Å². The van der Waals surface area contributed by atoms with Gasteiger partial charge in [0.15, 0.2) is 0 Å². The molecule has 1 aliphatic rings. The maximum Gasteiger partial charge on any atom is 0.251 e. The zero-order valence-electron chi connectivity index (χ0n) is 12.5. The molecule has 1 fully saturated rings. The second-order valence-electron chi connectivity index (χ2n) is 6.20. The van der Waals surface area contributed by atoms with E-state index in [2.05, 4.69) is 31.4 Å². The lowest BCUT2D eigenvalue weighted by molar-refractivity contribution is 0.0287. The number of benzene rings is 1. The minimum atomic E-state index is -0.0448. The highest BCUT2D eigenvalue weighted by Crippen LogP contribution is 2.25. The maximum atomic E-state index is 12.4. The lowest BCUT2D eigenvalue weighted by atomic mass is 9.83. The number of carbonyl (C=O) groups is 1. The molecular weight excluding hydrogens is 252 g/mol. The van der Waals surface area contributed by atoms with Crippen LogP contribution in [0.4, 0.5) is 0 Å². The lowest BCUT2D eigenvalue weighted by Crippen LogP contribution is -2.45. The number of hydrogen-bond donors (Lipinski definition) is 2. The lowest BCUT2D eigenvalue weighted by Gasteiger charge is -2.25. The predicted octanol–water partition coefficient (Wildman–Crippen LogP) is 1.70. The van der Waals surface area contributed by atoms with E-state index in [1.54, 1.807) is 0 Å². The second kappa shape index (κ2) is 6.37. The molecule has 0 aliphatic carbocycles. The van der Waals surface area contributed by atoms with E-state index in [4.69, 9.17) is 4.74 Å². The molecule has 0 radical (unpaired) electrons. The molecule has 1 amide bonds. The Morgan fingerprint density at radius 2 is 2.15 bits per heavy atom. The van der Waals surface area contributed by atoms with E-state index >= 15 is 0 Å². The van der Waals surface area contributed by atoms with Crippen LogP contribution in [-0.4, -0.2) is 38.3 Å². The Labute approximate surface area is 120 Å². The Morgan fingerprint density at radius 3 is 2.80 bits per heavy atom. The minimum Gasteiger partial charge on any atom is -0.374 e. The van der Waals surface area contributed by atoms with Crippen LogP contribution in [0.15, 0.2) is 24.3 Å². The van der Waals surface area contributed by atoms with E-state index in [9.17, 15) is 4.79 Å². The van der Waals surface area contributed by atoms with Crippen LogP contribution in [-0.2, 0) is 10.2 Å². The largest absolute Gasteiger partial charge is 0.374 e. The fourth-order valence-corrected chi connectivity index (χ4v) is 2.39. The molecule has 1 unspecified atom stereocenters. The van der Waals surface area contributed by atoms with Crippen molar-refractivity contribution in [2.45, 2.75) is 32.3 Å². The molecule has 20 heavy (non-hydrogen) atoms. The van der Waals surface area contributed by atoms with Crippen LogP contribution >= 0.6 is 0 Å². The van der Waals surface area contributed by atoms with Gasteiger partial charge in [-0.25, -0.2) is 0 Å². The average Bonchev–Trinajstić information content (AvgIpc) is 2.45. The first-order chi connectivity index (χ1) is 9.48. The summed E-state index contributed by atoms with van der Waals surface area (Å²) in [6.45, 7) is 9.29. The minimum absolute atomic E-state index is 0.0234. The number of amides is 1. The number of morpholine rings is 1. The van der Waals surface area contributed by atoms with Crippen LogP contribution in [0.5, 0.6) is 0 Å². The summed E-state index contributed by atoms with van der Waals surface area (Å²) in [5.74, 6) is -0.0234. The highest BCUT2D eigenvalue weighted by atomic mass is 16.5. The number of hydrogen-bond acceptors (Lipinski definition) is 3. The summed E-state index contributed by atoms with van der Waals surface area (Å²) in [6, 6.07) is 7.79. The molecule has 0 spiro atoms. The summed E-state index contributed by atoms with van der Waals surface area (Å²) >= 11 is 0. The van der Waals surface area contributed by atoms with E-state index in [1.165, 1.54) is 0 Å². The summed E-state index contributed by atoms with van der Waals surface area (Å²) in [7, 11) is 0. The SMILES string of the molecule is CC(C)(C)c1ccccc1C(=O)NCC1CNCCO1. The number of rotatable bonds is 3. The summed E-state index contributed by atoms with van der Waals surface area (Å²) in [4.78, 5) is 12.4. The molecule has 1 heterocycles. The van der Waals surface area contributed by atoms with Gasteiger partial charge in [0.2, 0.25) is 0 Å². The normalized spacial score (nSPS) is 19.6. The van der Waals surface area contributed by atoms with Crippen LogP contribution in [0, 0.1) is 0 Å². The second-order valence-corrected chi connectivity index (χ2v) is 6.20. The monoisotopic (exact) mass is 276 g/mol. The molecule has 4 heteroatoms. The predicted molar refractivity (Wildman–Crippen MR) is 80.1 cm³/mol. The molecule has 1 atom stereocenters. The van der Waals surface area contributed by atoms with E-state index in [1.807, 2.05) is 24.3 Å². The van der Waals surface area contributed by atoms with Crippen molar-refractivity contribution in [3.8, 4) is 0 Å². The first-order valence-electron chi connectivity index (χ1n) is 7.18. The van der Waals surface area contributed by atoms with Crippen molar-refractivity contribution in [1.82, 2.24) is 10.6 Å². The van der Waals surface area contributed by atoms with E-state index in [0.29, 0.717) is 13.2 Å². The Hall–Kier alpha value is -1.39. The standard InChI is InChI=1S/C16H24N2O2/c1-16(2,3)14-7-5-4-6-13(14)15(19)18-11-12-10-17-8-9-20-12/h4-7,12,17H,8-11H2,1-3H3,(H,18,19). The van der Waals surface area contributed by atoms with Gasteiger partial charge < -0.3 is 15.4 Å². The van der Waals surface area contributed by atoms with Crippen molar-refractivity contribution < 1.29 is 9.53 Å². The van der Waals surface area contributed by atoms with Gasteiger partial charge in [-0.15, -0.1) is 0 Å². The molecule has 0 bridgehead atoms. The number of carbonyl (C=O) groups excluding carboxylic acids is 1. The molecule has 0 aromatic heterocycles. The third kappa shape index (κ3) is 3.81. The molecule has 1 aromatic carbocycles. The molecule has 1 aliphatic heterocycles. The Morgan fingerprint density at radius 1 is 1.40 bits per heavy atom. The molecule has 1 saturated heterocycles. The van der Waals surface area contributed by atoms with E-state index in [0.717, 1.165) is 24.2 Å². The molecule has 2 N–H and O–H groups in total. The summed E-state index contributed by atoms with van der Waals surface area (Å²) < 4.78 is 5.58. The van der Waals surface area contributed by atoms with Gasteiger partial charge in [-0.2, -0.15) is 0 Å². The van der Waals surface area contributed by atoms with Crippen LogP contribution in [0.2, 0.25) is 0 Å². The van der Waals surface area contributed by atoms with Gasteiger partial charge in [0, 0.05) is 25.2 Å². The van der Waals surface area contributed by atoms with Gasteiger partial charge in [-0.3, -0.25) is 4.79 Å². The number of nitrogens with one attached hydrogen (secondary N) is 2. The van der Waals surface area contributed by atoms with Gasteiger partial charge in [0.25, 0.3) is 5.91 Å². The average molecular weight is 276 g/mol. The third-order valence-electron chi connectivity index (χ3n) is 3.47. The van der Waals surface area contributed by atoms with Gasteiger partial charge in [0.1, 0.15) is 0 Å². The molecule has 2 rings (SSSR count). The summed E-state index contributed by atoms with van der Waals surface area (Å²) in [6.07, 6.45) is 0.0644. The van der Waals surface area contributed by atoms with Crippen LogP contribution in [0.1, 0.15) is 36.7 Å². The van der Waals surface area contributed by atoms with Crippen molar-refractivity contribution in [3.63, 3.8) is 0 Å². The van der Waals surface area contributed by atoms with E-state index < -0.39 is 0 Å². The molecule has 0 saturated carbocycles. The molecule has 110 valence electrons. The van der Waals surface area contributed by atoms with Crippen molar-refractivity contribution >= 4 is 5.91 Å². The maximum absolute atomic E-state index is 12.4. The van der Waals surface area contributed by atoms with Crippen LogP contribution in [0.3, 0.4) is 0 Å². The van der Waals surface area contributed by atoms with Crippen molar-refractivity contribution in [1.29, 1.82) is 0 Å². The van der Waals surface area contributed by atoms with E-state index in [-0.39, 0.29) is 17.4 Å². The highest BCUT2D eigenvalue weighted by molar-refractivity contribution is 5.96. The van der Waals surface area contributed by atoms with Gasteiger partial charge in [-0.1, -0.05) is 39.0 Å². The van der Waals surface area contributed by atoms with Crippen molar-refractivity contribution in [3.05, 3.63) is 35.4 Å². The van der Waals surface area contributed by atoms with Crippen LogP contribution < -0.4 is 10.6 Å². The fourth-order valence-electron chi connectivity index (χ4n) is 2.39. The quantitative estimate of drug-likeness (QED) is 0.883. The fraction of sp³-hybridized carbons (Fsp3) is 0.562. The Balaban J connectivity index is 2.02. The zero-order chi connectivity index (χ0) is 14.6. The number of ether oxygens (including phenoxy) is 1. The zero-order valence-corrected chi connectivity index (χ0v) is 12.5. The molecule has 1 aromatic rings. The summed E-state index contributed by atoms with van der Waals surface area (Å²) in [5, 5.41) is 6.23. The summed E-state index contributed by atoms with van der Waals surface area (Å²) in [5.41, 5.74) is 1.78. The highest BCUT2D eigenvalue weighted by Gasteiger charge is 2.22. The Bertz CT molecular complexity index is 460. The topological polar surface area (TPSA) is 50.4 Å². The first kappa shape index (κ1) is 15.0. The Kier molecular flexibility index (Phi) is 4.78. The third-order valence-corrected chi connectivity index (χ3v) is 3.47. The van der Waals surface area contributed by atoms with Gasteiger partial charge in [-0.05, 0) is 17.0 Å². The van der Waals surface area contributed by atoms with Crippen molar-refractivity contribution in [2.75, 3.05) is 26.2 Å². The smallest absolute Gasteiger partial charge is 0.251 e. The van der Waals surface area contributed by atoms with Gasteiger partial charge in [0.05, 0.1) is 12.7 Å². The van der Waals surface area contributed by atoms with Crippen LogP contribution in [0.25, 0.3) is 0 Å². The van der Waals surface area contributed by atoms with Crippen molar-refractivity contribution in [2.24, 2.45) is 0 Å².